The van der Waals surface area contributed by atoms with Gasteiger partial charge in [-0.2, -0.15) is 0 Å². The number of hydrogen-bond donors (Lipinski definition) is 2. The lowest BCUT2D eigenvalue weighted by molar-refractivity contribution is -0.116. The van der Waals surface area contributed by atoms with Crippen LogP contribution >= 0.6 is 0 Å². The summed E-state index contributed by atoms with van der Waals surface area (Å²) in [6.45, 7) is 2.71. The van der Waals surface area contributed by atoms with Crippen molar-refractivity contribution in [3.05, 3.63) is 29.8 Å². The fraction of sp³-hybridized carbons (Fsp3) is 0.467. The number of aliphatic hydroxyl groups excluding tert-OH is 1. The molecule has 6 heteroatoms. The van der Waals surface area contributed by atoms with E-state index in [1.807, 2.05) is 0 Å². The third-order valence-corrected chi connectivity index (χ3v) is 2.97. The lowest BCUT2D eigenvalue weighted by Crippen LogP contribution is -2.30. The molecule has 1 aromatic carbocycles. The normalized spacial score (nSPS) is 10.2. The molecule has 2 amide bonds. The van der Waals surface area contributed by atoms with Gasteiger partial charge >= 0.3 is 0 Å². The minimum Gasteiger partial charge on any atom is -0.394 e. The molecule has 6 nitrogen and oxygen atoms in total. The van der Waals surface area contributed by atoms with Crippen LogP contribution in [0.4, 0.5) is 5.69 Å². The van der Waals surface area contributed by atoms with E-state index < -0.39 is 0 Å². The van der Waals surface area contributed by atoms with Gasteiger partial charge in [0.15, 0.2) is 0 Å². The number of benzene rings is 1. The number of aliphatic hydroxyl groups is 1. The molecule has 0 heterocycles. The summed E-state index contributed by atoms with van der Waals surface area (Å²) in [7, 11) is 1.64. The van der Waals surface area contributed by atoms with Crippen molar-refractivity contribution in [3.63, 3.8) is 0 Å². The summed E-state index contributed by atoms with van der Waals surface area (Å²) in [6.07, 6.45) is 0.663. The smallest absolute Gasteiger partial charge is 0.253 e. The predicted molar refractivity (Wildman–Crippen MR) is 80.4 cm³/mol. The van der Waals surface area contributed by atoms with Crippen molar-refractivity contribution in [2.24, 2.45) is 0 Å². The number of carbonyl (C=O) groups is 2. The number of hydrogen-bond acceptors (Lipinski definition) is 4. The first-order chi connectivity index (χ1) is 10.1. The van der Waals surface area contributed by atoms with Gasteiger partial charge in [0.05, 0.1) is 24.5 Å². The van der Waals surface area contributed by atoms with Crippen LogP contribution in [-0.4, -0.2) is 50.3 Å². The van der Waals surface area contributed by atoms with E-state index in [-0.39, 0.29) is 18.4 Å². The van der Waals surface area contributed by atoms with Gasteiger partial charge < -0.3 is 20.1 Å². The summed E-state index contributed by atoms with van der Waals surface area (Å²) in [5, 5.41) is 11.4. The summed E-state index contributed by atoms with van der Waals surface area (Å²) in [4.78, 5) is 25.0. The van der Waals surface area contributed by atoms with E-state index in [9.17, 15) is 9.59 Å². The predicted octanol–water partition coefficient (Wildman–Crippen LogP) is 0.798. The molecule has 2 N–H and O–H groups in total. The molecule has 0 radical (unpaired) electrons. The Morgan fingerprint density at radius 2 is 2.00 bits per heavy atom. The van der Waals surface area contributed by atoms with Crippen LogP contribution < -0.4 is 10.2 Å². The molecule has 0 atom stereocenters. The summed E-state index contributed by atoms with van der Waals surface area (Å²) in [5.74, 6) is -0.353. The third-order valence-electron chi connectivity index (χ3n) is 2.97. The van der Waals surface area contributed by atoms with Crippen molar-refractivity contribution < 1.29 is 19.4 Å². The van der Waals surface area contributed by atoms with Gasteiger partial charge in [-0.1, -0.05) is 12.1 Å². The number of carbonyl (C=O) groups excluding carboxylic acids is 2. The zero-order chi connectivity index (χ0) is 15.7. The molecule has 0 spiro atoms. The van der Waals surface area contributed by atoms with Gasteiger partial charge in [0.2, 0.25) is 5.91 Å². The van der Waals surface area contributed by atoms with Gasteiger partial charge in [0.1, 0.15) is 0 Å². The number of anilines is 1. The Bertz CT molecular complexity index is 476. The molecule has 0 aromatic heterocycles. The molecule has 0 saturated heterocycles. The van der Waals surface area contributed by atoms with E-state index in [0.717, 1.165) is 0 Å². The lowest BCUT2D eigenvalue weighted by Gasteiger charge is -2.18. The van der Waals surface area contributed by atoms with E-state index in [0.29, 0.717) is 37.4 Å². The zero-order valence-corrected chi connectivity index (χ0v) is 12.5. The molecule has 0 bridgehead atoms. The maximum atomic E-state index is 12.2. The number of nitrogens with zero attached hydrogens (tertiary/aromatic N) is 1. The summed E-state index contributed by atoms with van der Waals surface area (Å²) < 4.78 is 5.11. The first-order valence-corrected chi connectivity index (χ1v) is 6.88. The Kier molecular flexibility index (Phi) is 7.42. The molecule has 0 saturated carbocycles. The highest BCUT2D eigenvalue weighted by Crippen LogP contribution is 2.19. The van der Waals surface area contributed by atoms with Crippen LogP contribution in [0.5, 0.6) is 0 Å². The second-order valence-corrected chi connectivity index (χ2v) is 4.54. The number of rotatable bonds is 8. The van der Waals surface area contributed by atoms with Crippen molar-refractivity contribution in [2.75, 3.05) is 38.3 Å². The van der Waals surface area contributed by atoms with Gasteiger partial charge in [-0.3, -0.25) is 9.59 Å². The van der Waals surface area contributed by atoms with Crippen LogP contribution in [0.3, 0.4) is 0 Å². The Labute approximate surface area is 124 Å². The Morgan fingerprint density at radius 1 is 1.29 bits per heavy atom. The maximum Gasteiger partial charge on any atom is 0.253 e. The van der Waals surface area contributed by atoms with Crippen LogP contribution in [0, 0.1) is 0 Å². The van der Waals surface area contributed by atoms with Crippen molar-refractivity contribution in [1.82, 2.24) is 5.32 Å². The average Bonchev–Trinajstić information content (AvgIpc) is 2.49. The van der Waals surface area contributed by atoms with Gasteiger partial charge in [-0.05, 0) is 18.6 Å². The van der Waals surface area contributed by atoms with Crippen LogP contribution in [0.15, 0.2) is 24.3 Å². The highest BCUT2D eigenvalue weighted by molar-refractivity contribution is 6.04. The molecule has 116 valence electrons. The Hall–Kier alpha value is -1.92. The number of para-hydroxylation sites is 1. The van der Waals surface area contributed by atoms with Gasteiger partial charge in [0, 0.05) is 27.1 Å². The largest absolute Gasteiger partial charge is 0.394 e. The van der Waals surface area contributed by atoms with Crippen LogP contribution in [-0.2, 0) is 9.53 Å². The third kappa shape index (κ3) is 5.53. The topological polar surface area (TPSA) is 78.9 Å². The Balaban J connectivity index is 2.56. The number of nitrogens with one attached hydrogen (secondary N) is 1. The van der Waals surface area contributed by atoms with Gasteiger partial charge in [-0.25, -0.2) is 0 Å². The zero-order valence-electron chi connectivity index (χ0n) is 12.5. The molecule has 0 fully saturated rings. The molecule has 0 aliphatic carbocycles. The van der Waals surface area contributed by atoms with E-state index in [4.69, 9.17) is 9.84 Å². The molecule has 0 unspecified atom stereocenters. The molecule has 0 aliphatic rings. The molecule has 1 rings (SSSR count). The molecular weight excluding hydrogens is 272 g/mol. The summed E-state index contributed by atoms with van der Waals surface area (Å²) in [5.41, 5.74) is 1.05. The Morgan fingerprint density at radius 3 is 2.67 bits per heavy atom. The van der Waals surface area contributed by atoms with Crippen molar-refractivity contribution in [1.29, 1.82) is 0 Å². The van der Waals surface area contributed by atoms with Crippen LogP contribution in [0.1, 0.15) is 23.7 Å². The second-order valence-electron chi connectivity index (χ2n) is 4.54. The first kappa shape index (κ1) is 17.1. The first-order valence-electron chi connectivity index (χ1n) is 6.88. The quantitative estimate of drug-likeness (QED) is 0.695. The van der Waals surface area contributed by atoms with E-state index in [1.54, 1.807) is 31.3 Å². The monoisotopic (exact) mass is 294 g/mol. The molecular formula is C15H22N2O4. The van der Waals surface area contributed by atoms with Crippen LogP contribution in [0.2, 0.25) is 0 Å². The van der Waals surface area contributed by atoms with E-state index in [2.05, 4.69) is 5.32 Å². The van der Waals surface area contributed by atoms with Gasteiger partial charge in [-0.15, -0.1) is 0 Å². The molecule has 0 aliphatic heterocycles. The van der Waals surface area contributed by atoms with E-state index >= 15 is 0 Å². The molecule has 21 heavy (non-hydrogen) atoms. The number of ether oxygens (including phenoxy) is 1. The SMILES string of the molecule is CC(=O)N(C)c1ccccc1C(=O)NCCCOCCO. The fourth-order valence-corrected chi connectivity index (χ4v) is 1.77. The van der Waals surface area contributed by atoms with E-state index in [1.165, 1.54) is 11.8 Å². The minimum atomic E-state index is -0.221. The number of amides is 2. The standard InChI is InChI=1S/C15H22N2O4/c1-12(19)17(2)14-7-4-3-6-13(14)15(20)16-8-5-10-21-11-9-18/h3-4,6-7,18H,5,8-11H2,1-2H3,(H,16,20). The van der Waals surface area contributed by atoms with Crippen molar-refractivity contribution >= 4 is 17.5 Å². The highest BCUT2D eigenvalue weighted by Gasteiger charge is 2.15. The summed E-state index contributed by atoms with van der Waals surface area (Å²) in [6, 6.07) is 6.97. The maximum absolute atomic E-state index is 12.2. The summed E-state index contributed by atoms with van der Waals surface area (Å²) >= 11 is 0. The van der Waals surface area contributed by atoms with Gasteiger partial charge in [0.25, 0.3) is 5.91 Å². The highest BCUT2D eigenvalue weighted by atomic mass is 16.5. The fourth-order valence-electron chi connectivity index (χ4n) is 1.77. The minimum absolute atomic E-state index is 0.00286. The van der Waals surface area contributed by atoms with Crippen LogP contribution in [0.25, 0.3) is 0 Å². The average molecular weight is 294 g/mol. The second kappa shape index (κ2) is 9.10. The lowest BCUT2D eigenvalue weighted by atomic mass is 10.1. The molecule has 1 aromatic rings. The van der Waals surface area contributed by atoms with Crippen molar-refractivity contribution in [2.45, 2.75) is 13.3 Å². The van der Waals surface area contributed by atoms with Crippen molar-refractivity contribution in [3.8, 4) is 0 Å².